The number of methoxy groups -OCH3 is 1. The molecule has 0 fully saturated rings. The Kier molecular flexibility index (Phi) is 4.35. The van der Waals surface area contributed by atoms with E-state index in [1.165, 1.54) is 7.11 Å². The number of rotatable bonds is 5. The highest BCUT2D eigenvalue weighted by Gasteiger charge is 2.32. The van der Waals surface area contributed by atoms with Gasteiger partial charge in [-0.05, 0) is 39.7 Å². The molecule has 0 saturated heterocycles. The second kappa shape index (κ2) is 5.91. The number of benzene rings is 1. The quantitative estimate of drug-likeness (QED) is 0.816. The molecule has 5 heteroatoms. The average Bonchev–Trinajstić information content (AvgIpc) is 2.45. The molecule has 0 aliphatic carbocycles. The molecule has 1 aromatic rings. The molecule has 5 nitrogen and oxygen atoms in total. The minimum atomic E-state index is -0.578. The first-order valence-corrected chi connectivity index (χ1v) is 7.29. The SMILES string of the molecule is COc1c(O)c(O)c(C)c2c1O[C@](C)(CCCC(C)=O)C=C2. The fraction of sp³-hybridized carbons (Fsp3) is 0.471. The van der Waals surface area contributed by atoms with Crippen LogP contribution in [-0.2, 0) is 4.79 Å². The number of ketones is 1. The van der Waals surface area contributed by atoms with Crippen LogP contribution in [0.15, 0.2) is 6.08 Å². The van der Waals surface area contributed by atoms with Crippen molar-refractivity contribution in [1.29, 1.82) is 0 Å². The van der Waals surface area contributed by atoms with Crippen molar-refractivity contribution in [2.75, 3.05) is 7.11 Å². The van der Waals surface area contributed by atoms with Gasteiger partial charge in [-0.15, -0.1) is 0 Å². The molecular weight excluding hydrogens is 284 g/mol. The monoisotopic (exact) mass is 306 g/mol. The van der Waals surface area contributed by atoms with Gasteiger partial charge in [-0.25, -0.2) is 0 Å². The smallest absolute Gasteiger partial charge is 0.207 e. The third-order valence-corrected chi connectivity index (χ3v) is 3.99. The van der Waals surface area contributed by atoms with Gasteiger partial charge < -0.3 is 24.5 Å². The van der Waals surface area contributed by atoms with Crippen molar-refractivity contribution in [2.24, 2.45) is 0 Å². The number of aromatic hydroxyl groups is 2. The number of carbonyl (C=O) groups excluding carboxylic acids is 1. The first kappa shape index (κ1) is 16.2. The number of ether oxygens (including phenoxy) is 2. The Morgan fingerprint density at radius 1 is 1.36 bits per heavy atom. The molecule has 1 atom stereocenters. The normalized spacial score (nSPS) is 19.5. The molecule has 0 saturated carbocycles. The number of fused-ring (bicyclic) bond motifs is 1. The lowest BCUT2D eigenvalue weighted by atomic mass is 9.92. The lowest BCUT2D eigenvalue weighted by molar-refractivity contribution is -0.117. The maximum Gasteiger partial charge on any atom is 0.207 e. The van der Waals surface area contributed by atoms with Crippen molar-refractivity contribution in [3.8, 4) is 23.0 Å². The zero-order valence-corrected chi connectivity index (χ0v) is 13.4. The summed E-state index contributed by atoms with van der Waals surface area (Å²) in [5, 5.41) is 20.0. The lowest BCUT2D eigenvalue weighted by Gasteiger charge is -2.33. The molecule has 0 spiro atoms. The summed E-state index contributed by atoms with van der Waals surface area (Å²) >= 11 is 0. The van der Waals surface area contributed by atoms with Gasteiger partial charge in [-0.3, -0.25) is 0 Å². The van der Waals surface area contributed by atoms with Crippen molar-refractivity contribution >= 4 is 11.9 Å². The molecule has 1 aliphatic rings. The van der Waals surface area contributed by atoms with Crippen LogP contribution in [0.25, 0.3) is 6.08 Å². The first-order chi connectivity index (χ1) is 10.3. The topological polar surface area (TPSA) is 76.0 Å². The van der Waals surface area contributed by atoms with Gasteiger partial charge in [-0.1, -0.05) is 6.08 Å². The van der Waals surface area contributed by atoms with E-state index in [9.17, 15) is 15.0 Å². The molecule has 1 aromatic carbocycles. The lowest BCUT2D eigenvalue weighted by Crippen LogP contribution is -2.32. The average molecular weight is 306 g/mol. The van der Waals surface area contributed by atoms with Crippen LogP contribution in [0.3, 0.4) is 0 Å². The van der Waals surface area contributed by atoms with Crippen LogP contribution in [0.4, 0.5) is 0 Å². The molecule has 1 aliphatic heterocycles. The minimum absolute atomic E-state index is 0.125. The molecule has 0 amide bonds. The predicted molar refractivity (Wildman–Crippen MR) is 83.7 cm³/mol. The second-order valence-corrected chi connectivity index (χ2v) is 5.90. The minimum Gasteiger partial charge on any atom is -0.504 e. The van der Waals surface area contributed by atoms with Gasteiger partial charge in [0.1, 0.15) is 11.4 Å². The van der Waals surface area contributed by atoms with E-state index in [-0.39, 0.29) is 23.0 Å². The molecule has 0 bridgehead atoms. The second-order valence-electron chi connectivity index (χ2n) is 5.90. The van der Waals surface area contributed by atoms with Crippen molar-refractivity contribution in [2.45, 2.75) is 45.6 Å². The van der Waals surface area contributed by atoms with Gasteiger partial charge >= 0.3 is 0 Å². The Morgan fingerprint density at radius 3 is 2.64 bits per heavy atom. The summed E-state index contributed by atoms with van der Waals surface area (Å²) in [5.74, 6) is 0.173. The molecule has 2 N–H and O–H groups in total. The fourth-order valence-corrected chi connectivity index (χ4v) is 2.65. The van der Waals surface area contributed by atoms with Crippen molar-refractivity contribution in [3.05, 3.63) is 17.2 Å². The van der Waals surface area contributed by atoms with E-state index in [2.05, 4.69) is 0 Å². The Morgan fingerprint density at radius 2 is 2.05 bits per heavy atom. The van der Waals surface area contributed by atoms with Crippen LogP contribution in [0.5, 0.6) is 23.0 Å². The van der Waals surface area contributed by atoms with Crippen LogP contribution in [0.2, 0.25) is 0 Å². The Balaban J connectivity index is 2.36. The van der Waals surface area contributed by atoms with Crippen LogP contribution >= 0.6 is 0 Å². The Hall–Kier alpha value is -2.17. The highest BCUT2D eigenvalue weighted by Crippen LogP contribution is 2.51. The molecule has 0 radical (unpaired) electrons. The third-order valence-electron chi connectivity index (χ3n) is 3.99. The molecular formula is C17H22O5. The van der Waals surface area contributed by atoms with E-state index >= 15 is 0 Å². The number of phenolic OH excluding ortho intramolecular Hbond substituents is 2. The maximum atomic E-state index is 11.1. The van der Waals surface area contributed by atoms with Crippen LogP contribution in [0, 0.1) is 6.92 Å². The summed E-state index contributed by atoms with van der Waals surface area (Å²) in [5.41, 5.74) is 0.650. The molecule has 2 rings (SSSR count). The van der Waals surface area contributed by atoms with Gasteiger partial charge in [0, 0.05) is 17.5 Å². The van der Waals surface area contributed by atoms with E-state index in [1.54, 1.807) is 13.8 Å². The summed E-state index contributed by atoms with van der Waals surface area (Å²) in [6.45, 7) is 5.20. The molecule has 1 heterocycles. The zero-order valence-electron chi connectivity index (χ0n) is 13.4. The zero-order chi connectivity index (χ0) is 16.5. The van der Waals surface area contributed by atoms with Crippen molar-refractivity contribution < 1.29 is 24.5 Å². The van der Waals surface area contributed by atoms with Gasteiger partial charge in [0.05, 0.1) is 7.11 Å². The van der Waals surface area contributed by atoms with Gasteiger partial charge in [0.25, 0.3) is 0 Å². The largest absolute Gasteiger partial charge is 0.504 e. The number of phenols is 2. The van der Waals surface area contributed by atoms with E-state index < -0.39 is 5.60 Å². The fourth-order valence-electron chi connectivity index (χ4n) is 2.65. The molecule has 22 heavy (non-hydrogen) atoms. The number of carbonyl (C=O) groups is 1. The summed E-state index contributed by atoms with van der Waals surface area (Å²) in [7, 11) is 1.42. The number of Topliss-reactive ketones (excluding diaryl/α,β-unsaturated/α-hetero) is 1. The summed E-state index contributed by atoms with van der Waals surface area (Å²) in [4.78, 5) is 11.1. The van der Waals surface area contributed by atoms with Gasteiger partial charge in [0.15, 0.2) is 11.5 Å². The summed E-state index contributed by atoms with van der Waals surface area (Å²) < 4.78 is 11.2. The van der Waals surface area contributed by atoms with Crippen LogP contribution in [-0.4, -0.2) is 28.7 Å². The van der Waals surface area contributed by atoms with Crippen LogP contribution < -0.4 is 9.47 Å². The highest BCUT2D eigenvalue weighted by molar-refractivity contribution is 5.76. The Bertz CT molecular complexity index is 633. The standard InChI is InChI=1S/C17H22O5/c1-10(18)6-5-8-17(3)9-7-12-11(2)13(19)14(20)16(21-4)15(12)22-17/h7,9,19-20H,5-6,8H2,1-4H3/t17-/m1/s1. The summed E-state index contributed by atoms with van der Waals surface area (Å²) in [6.07, 6.45) is 5.68. The molecule has 0 aromatic heterocycles. The summed E-state index contributed by atoms with van der Waals surface area (Å²) in [6, 6.07) is 0. The predicted octanol–water partition coefficient (Wildman–Crippen LogP) is 3.34. The first-order valence-electron chi connectivity index (χ1n) is 7.29. The highest BCUT2D eigenvalue weighted by atomic mass is 16.5. The maximum absolute atomic E-state index is 11.1. The van der Waals surface area contributed by atoms with Crippen LogP contribution in [0.1, 0.15) is 44.2 Å². The van der Waals surface area contributed by atoms with Gasteiger partial charge in [0.2, 0.25) is 11.5 Å². The molecule has 120 valence electrons. The van der Waals surface area contributed by atoms with E-state index in [4.69, 9.17) is 9.47 Å². The van der Waals surface area contributed by atoms with E-state index in [0.29, 0.717) is 29.7 Å². The van der Waals surface area contributed by atoms with E-state index in [0.717, 1.165) is 6.42 Å². The van der Waals surface area contributed by atoms with Gasteiger partial charge in [-0.2, -0.15) is 0 Å². The Labute approximate surface area is 130 Å². The third kappa shape index (κ3) is 2.89. The van der Waals surface area contributed by atoms with Crippen molar-refractivity contribution in [3.63, 3.8) is 0 Å². The molecule has 0 unspecified atom stereocenters. The van der Waals surface area contributed by atoms with Crippen molar-refractivity contribution in [1.82, 2.24) is 0 Å². The number of hydrogen-bond acceptors (Lipinski definition) is 5. The van der Waals surface area contributed by atoms with E-state index in [1.807, 2.05) is 19.1 Å². The number of hydrogen-bond donors (Lipinski definition) is 2.